The molecule has 1 aromatic rings. The molecule has 1 aromatic heterocycles. The summed E-state index contributed by atoms with van der Waals surface area (Å²) < 4.78 is 13.3. The minimum atomic E-state index is -0.912. The van der Waals surface area contributed by atoms with Gasteiger partial charge in [0.1, 0.15) is 11.2 Å². The minimum absolute atomic E-state index is 0.160. The van der Waals surface area contributed by atoms with Crippen molar-refractivity contribution < 1.29 is 9.50 Å². The molecule has 1 aliphatic carbocycles. The van der Waals surface area contributed by atoms with Gasteiger partial charge in [-0.25, -0.2) is 4.39 Å². The SMILES string of the molecule is N#CC1(c2ncccc2F)CC(O)C1. The third kappa shape index (κ3) is 1.17. The van der Waals surface area contributed by atoms with Crippen molar-refractivity contribution in [2.75, 3.05) is 0 Å². The van der Waals surface area contributed by atoms with E-state index in [1.807, 2.05) is 6.07 Å². The Morgan fingerprint density at radius 1 is 1.64 bits per heavy atom. The Morgan fingerprint density at radius 3 is 2.86 bits per heavy atom. The fraction of sp³-hybridized carbons (Fsp3) is 0.400. The highest BCUT2D eigenvalue weighted by atomic mass is 19.1. The van der Waals surface area contributed by atoms with Gasteiger partial charge >= 0.3 is 0 Å². The molecule has 0 amide bonds. The highest BCUT2D eigenvalue weighted by Crippen LogP contribution is 2.43. The quantitative estimate of drug-likeness (QED) is 0.725. The molecule has 1 heterocycles. The summed E-state index contributed by atoms with van der Waals surface area (Å²) in [4.78, 5) is 3.87. The predicted molar refractivity (Wildman–Crippen MR) is 46.7 cm³/mol. The number of aliphatic hydroxyl groups is 1. The van der Waals surface area contributed by atoms with Gasteiger partial charge in [0, 0.05) is 6.20 Å². The van der Waals surface area contributed by atoms with Crippen molar-refractivity contribution in [3.63, 3.8) is 0 Å². The normalized spacial score (nSPS) is 30.5. The van der Waals surface area contributed by atoms with Crippen LogP contribution in [0.25, 0.3) is 0 Å². The molecule has 72 valence electrons. The number of aromatic nitrogens is 1. The number of hydrogen-bond donors (Lipinski definition) is 1. The lowest BCUT2D eigenvalue weighted by Crippen LogP contribution is -2.44. The Hall–Kier alpha value is -1.47. The lowest BCUT2D eigenvalue weighted by molar-refractivity contribution is 0.0412. The van der Waals surface area contributed by atoms with E-state index in [4.69, 9.17) is 10.4 Å². The second kappa shape index (κ2) is 3.03. The van der Waals surface area contributed by atoms with Crippen molar-refractivity contribution >= 4 is 0 Å². The predicted octanol–water partition coefficient (Wildman–Crippen LogP) is 1.14. The highest BCUT2D eigenvalue weighted by Gasteiger charge is 2.48. The summed E-state index contributed by atoms with van der Waals surface area (Å²) in [7, 11) is 0. The maximum absolute atomic E-state index is 13.3. The van der Waals surface area contributed by atoms with Crippen molar-refractivity contribution in [1.29, 1.82) is 5.26 Å². The van der Waals surface area contributed by atoms with Gasteiger partial charge in [0.25, 0.3) is 0 Å². The Bertz CT molecular complexity index is 393. The van der Waals surface area contributed by atoms with Gasteiger partial charge in [-0.05, 0) is 25.0 Å². The molecule has 0 aliphatic heterocycles. The average molecular weight is 192 g/mol. The average Bonchev–Trinajstić information content (AvgIpc) is 2.14. The molecule has 0 bridgehead atoms. The minimum Gasteiger partial charge on any atom is -0.393 e. The molecule has 2 rings (SSSR count). The fourth-order valence-electron chi connectivity index (χ4n) is 1.82. The molecule has 0 spiro atoms. The number of nitrogens with zero attached hydrogens (tertiary/aromatic N) is 2. The van der Waals surface area contributed by atoms with E-state index in [1.54, 1.807) is 0 Å². The molecule has 4 heteroatoms. The van der Waals surface area contributed by atoms with Gasteiger partial charge in [0.2, 0.25) is 0 Å². The molecular weight excluding hydrogens is 183 g/mol. The van der Waals surface area contributed by atoms with E-state index in [1.165, 1.54) is 18.3 Å². The second-order valence-corrected chi connectivity index (χ2v) is 3.59. The van der Waals surface area contributed by atoms with Crippen LogP contribution in [0.3, 0.4) is 0 Å². The summed E-state index contributed by atoms with van der Waals surface area (Å²) >= 11 is 0. The van der Waals surface area contributed by atoms with Crippen LogP contribution in [0.1, 0.15) is 18.5 Å². The molecule has 1 N–H and O–H groups in total. The largest absolute Gasteiger partial charge is 0.393 e. The number of hydrogen-bond acceptors (Lipinski definition) is 3. The smallest absolute Gasteiger partial charge is 0.146 e. The van der Waals surface area contributed by atoms with Crippen LogP contribution in [0.2, 0.25) is 0 Å². The van der Waals surface area contributed by atoms with E-state index in [9.17, 15) is 4.39 Å². The molecule has 14 heavy (non-hydrogen) atoms. The molecule has 1 saturated carbocycles. The van der Waals surface area contributed by atoms with Crippen molar-refractivity contribution in [3.8, 4) is 6.07 Å². The Labute approximate surface area is 80.8 Å². The van der Waals surface area contributed by atoms with E-state index in [2.05, 4.69) is 4.98 Å². The van der Waals surface area contributed by atoms with Gasteiger partial charge in [-0.1, -0.05) is 0 Å². The zero-order valence-electron chi connectivity index (χ0n) is 7.44. The third-order valence-electron chi connectivity index (χ3n) is 2.59. The fourth-order valence-corrected chi connectivity index (χ4v) is 1.82. The van der Waals surface area contributed by atoms with Crippen LogP contribution in [-0.4, -0.2) is 16.2 Å². The van der Waals surface area contributed by atoms with Gasteiger partial charge in [-0.15, -0.1) is 0 Å². The van der Waals surface area contributed by atoms with Crippen LogP contribution in [0.15, 0.2) is 18.3 Å². The molecule has 0 unspecified atom stereocenters. The number of aliphatic hydroxyl groups excluding tert-OH is 1. The first-order chi connectivity index (χ1) is 6.68. The van der Waals surface area contributed by atoms with E-state index < -0.39 is 17.3 Å². The third-order valence-corrected chi connectivity index (χ3v) is 2.59. The molecule has 0 radical (unpaired) electrons. The van der Waals surface area contributed by atoms with E-state index in [0.29, 0.717) is 0 Å². The summed E-state index contributed by atoms with van der Waals surface area (Å²) in [5, 5.41) is 18.1. The monoisotopic (exact) mass is 192 g/mol. The zero-order valence-corrected chi connectivity index (χ0v) is 7.44. The number of halogens is 1. The first-order valence-electron chi connectivity index (χ1n) is 4.38. The molecule has 0 aromatic carbocycles. The first-order valence-corrected chi connectivity index (χ1v) is 4.38. The standard InChI is InChI=1S/C10H9FN2O/c11-8-2-1-3-13-9(8)10(6-12)4-7(14)5-10/h1-3,7,14H,4-5H2. The Kier molecular flexibility index (Phi) is 1.97. The van der Waals surface area contributed by atoms with Crippen LogP contribution in [-0.2, 0) is 5.41 Å². The van der Waals surface area contributed by atoms with Crippen LogP contribution >= 0.6 is 0 Å². The van der Waals surface area contributed by atoms with Gasteiger partial charge in [0.05, 0.1) is 17.9 Å². The van der Waals surface area contributed by atoms with Gasteiger partial charge < -0.3 is 5.11 Å². The van der Waals surface area contributed by atoms with E-state index in [-0.39, 0.29) is 18.5 Å². The summed E-state index contributed by atoms with van der Waals surface area (Å²) in [5.74, 6) is -0.471. The van der Waals surface area contributed by atoms with Crippen molar-refractivity contribution in [3.05, 3.63) is 29.8 Å². The van der Waals surface area contributed by atoms with Gasteiger partial charge in [-0.2, -0.15) is 5.26 Å². The van der Waals surface area contributed by atoms with Crippen LogP contribution < -0.4 is 0 Å². The molecule has 3 nitrogen and oxygen atoms in total. The van der Waals surface area contributed by atoms with Crippen LogP contribution in [0.4, 0.5) is 4.39 Å². The zero-order chi connectivity index (χ0) is 10.2. The lowest BCUT2D eigenvalue weighted by Gasteiger charge is -2.38. The molecular formula is C10H9FN2O. The number of nitriles is 1. The molecule has 1 fully saturated rings. The lowest BCUT2D eigenvalue weighted by atomic mass is 9.65. The molecule has 1 aliphatic rings. The Balaban J connectivity index is 2.40. The van der Waals surface area contributed by atoms with Gasteiger partial charge in [0.15, 0.2) is 0 Å². The van der Waals surface area contributed by atoms with Crippen molar-refractivity contribution in [1.82, 2.24) is 4.98 Å². The van der Waals surface area contributed by atoms with Crippen LogP contribution in [0.5, 0.6) is 0 Å². The summed E-state index contributed by atoms with van der Waals surface area (Å²) in [5.41, 5.74) is -0.752. The summed E-state index contributed by atoms with van der Waals surface area (Å²) in [6.45, 7) is 0. The first kappa shape index (κ1) is 9.10. The maximum Gasteiger partial charge on any atom is 0.146 e. The highest BCUT2D eigenvalue weighted by molar-refractivity contribution is 5.32. The van der Waals surface area contributed by atoms with Crippen LogP contribution in [0, 0.1) is 17.1 Å². The maximum atomic E-state index is 13.3. The molecule has 0 saturated heterocycles. The topological polar surface area (TPSA) is 56.9 Å². The summed E-state index contributed by atoms with van der Waals surface area (Å²) in [6.07, 6.45) is 1.51. The summed E-state index contributed by atoms with van der Waals surface area (Å²) in [6, 6.07) is 4.81. The van der Waals surface area contributed by atoms with E-state index in [0.717, 1.165) is 0 Å². The number of pyridine rings is 1. The number of rotatable bonds is 1. The second-order valence-electron chi connectivity index (χ2n) is 3.59. The van der Waals surface area contributed by atoms with Crippen molar-refractivity contribution in [2.45, 2.75) is 24.4 Å². The molecule has 0 atom stereocenters. The Morgan fingerprint density at radius 2 is 2.36 bits per heavy atom. The van der Waals surface area contributed by atoms with Gasteiger partial charge in [-0.3, -0.25) is 4.98 Å². The van der Waals surface area contributed by atoms with E-state index >= 15 is 0 Å². The van der Waals surface area contributed by atoms with Crippen molar-refractivity contribution in [2.24, 2.45) is 0 Å².